The molecule has 2 aromatic carbocycles. The van der Waals surface area contributed by atoms with Crippen LogP contribution in [0.2, 0.25) is 0 Å². The second-order valence-electron chi connectivity index (χ2n) is 5.30. The average molecular weight is 340 g/mol. The second-order valence-corrected chi connectivity index (χ2v) is 5.30. The number of Topliss-reactive ketones (excluding diaryl/α,β-unsaturated/α-hetero) is 1. The summed E-state index contributed by atoms with van der Waals surface area (Å²) < 4.78 is 18.3. The Labute approximate surface area is 145 Å². The standard InChI is InChI=1S/C19H17FN2O3/c1-2-10-25-16-5-3-4-13(11-16)18(23)17(12-21)19(24)22-15-8-6-14(20)7-9-15/h3-9,11,17H,2,10H2,1H3,(H,22,24)/t17-/m0/s1. The van der Waals surface area contributed by atoms with Gasteiger partial charge >= 0.3 is 0 Å². The minimum Gasteiger partial charge on any atom is -0.494 e. The summed E-state index contributed by atoms with van der Waals surface area (Å²) in [7, 11) is 0. The predicted octanol–water partition coefficient (Wildman–Crippen LogP) is 3.58. The van der Waals surface area contributed by atoms with Crippen molar-refractivity contribution in [1.82, 2.24) is 0 Å². The topological polar surface area (TPSA) is 79.2 Å². The Bertz CT molecular complexity index is 797. The number of ketones is 1. The fourth-order valence-electron chi connectivity index (χ4n) is 2.11. The van der Waals surface area contributed by atoms with Crippen LogP contribution in [0.3, 0.4) is 0 Å². The van der Waals surface area contributed by atoms with Crippen molar-refractivity contribution in [1.29, 1.82) is 5.26 Å². The van der Waals surface area contributed by atoms with Crippen molar-refractivity contribution >= 4 is 17.4 Å². The molecule has 0 unspecified atom stereocenters. The molecule has 0 spiro atoms. The third-order valence-corrected chi connectivity index (χ3v) is 3.36. The molecule has 25 heavy (non-hydrogen) atoms. The van der Waals surface area contributed by atoms with E-state index in [-0.39, 0.29) is 5.56 Å². The van der Waals surface area contributed by atoms with E-state index in [0.29, 0.717) is 18.0 Å². The van der Waals surface area contributed by atoms with E-state index in [9.17, 15) is 19.2 Å². The van der Waals surface area contributed by atoms with Crippen molar-refractivity contribution < 1.29 is 18.7 Å². The molecule has 0 fully saturated rings. The molecule has 0 bridgehead atoms. The first-order valence-corrected chi connectivity index (χ1v) is 7.78. The second kappa shape index (κ2) is 8.60. The summed E-state index contributed by atoms with van der Waals surface area (Å²) in [6.07, 6.45) is 0.819. The van der Waals surface area contributed by atoms with Crippen LogP contribution in [0.25, 0.3) is 0 Å². The normalized spacial score (nSPS) is 11.2. The number of amides is 1. The highest BCUT2D eigenvalue weighted by molar-refractivity contribution is 6.15. The highest BCUT2D eigenvalue weighted by Crippen LogP contribution is 2.18. The number of carbonyl (C=O) groups excluding carboxylic acids is 2. The Hall–Kier alpha value is -3.20. The summed E-state index contributed by atoms with van der Waals surface area (Å²) in [4.78, 5) is 24.7. The van der Waals surface area contributed by atoms with Crippen molar-refractivity contribution in [2.75, 3.05) is 11.9 Å². The molecule has 0 aliphatic heterocycles. The van der Waals surface area contributed by atoms with Gasteiger partial charge in [0.25, 0.3) is 0 Å². The molecule has 1 amide bonds. The van der Waals surface area contributed by atoms with Crippen LogP contribution < -0.4 is 10.1 Å². The third-order valence-electron chi connectivity index (χ3n) is 3.36. The van der Waals surface area contributed by atoms with Crippen LogP contribution in [0.4, 0.5) is 10.1 Å². The van der Waals surface area contributed by atoms with E-state index in [2.05, 4.69) is 5.32 Å². The Morgan fingerprint density at radius 1 is 1.24 bits per heavy atom. The van der Waals surface area contributed by atoms with Crippen LogP contribution in [0.15, 0.2) is 48.5 Å². The largest absolute Gasteiger partial charge is 0.494 e. The molecule has 0 aromatic heterocycles. The van der Waals surface area contributed by atoms with Crippen LogP contribution in [-0.4, -0.2) is 18.3 Å². The molecule has 0 saturated heterocycles. The molecule has 128 valence electrons. The number of nitrogens with one attached hydrogen (secondary N) is 1. The quantitative estimate of drug-likeness (QED) is 0.617. The van der Waals surface area contributed by atoms with Gasteiger partial charge in [-0.25, -0.2) is 4.39 Å². The summed E-state index contributed by atoms with van der Waals surface area (Å²) in [5, 5.41) is 11.7. The number of rotatable bonds is 7. The zero-order valence-corrected chi connectivity index (χ0v) is 13.7. The summed E-state index contributed by atoms with van der Waals surface area (Å²) in [6, 6.07) is 13.1. The summed E-state index contributed by atoms with van der Waals surface area (Å²) in [6.45, 7) is 2.46. The Balaban J connectivity index is 2.13. The van der Waals surface area contributed by atoms with Crippen LogP contribution >= 0.6 is 0 Å². The van der Waals surface area contributed by atoms with Crippen molar-refractivity contribution in [2.45, 2.75) is 13.3 Å². The number of hydrogen-bond acceptors (Lipinski definition) is 4. The van der Waals surface area contributed by atoms with Crippen molar-refractivity contribution in [3.63, 3.8) is 0 Å². The molecule has 0 aliphatic carbocycles. The van der Waals surface area contributed by atoms with Gasteiger partial charge in [-0.1, -0.05) is 19.1 Å². The Morgan fingerprint density at radius 2 is 1.96 bits per heavy atom. The van der Waals surface area contributed by atoms with Gasteiger partial charge in [0, 0.05) is 11.3 Å². The van der Waals surface area contributed by atoms with Crippen molar-refractivity contribution in [3.8, 4) is 11.8 Å². The van der Waals surface area contributed by atoms with E-state index in [0.717, 1.165) is 6.42 Å². The lowest BCUT2D eigenvalue weighted by molar-refractivity contribution is -0.117. The molecule has 1 N–H and O–H groups in total. The predicted molar refractivity (Wildman–Crippen MR) is 90.7 cm³/mol. The fourth-order valence-corrected chi connectivity index (χ4v) is 2.11. The van der Waals surface area contributed by atoms with E-state index < -0.39 is 23.4 Å². The zero-order chi connectivity index (χ0) is 18.2. The van der Waals surface area contributed by atoms with E-state index >= 15 is 0 Å². The van der Waals surface area contributed by atoms with Gasteiger partial charge in [-0.3, -0.25) is 9.59 Å². The van der Waals surface area contributed by atoms with E-state index in [1.807, 2.05) is 6.92 Å². The number of anilines is 1. The zero-order valence-electron chi connectivity index (χ0n) is 13.7. The van der Waals surface area contributed by atoms with Crippen LogP contribution in [0.1, 0.15) is 23.7 Å². The summed E-state index contributed by atoms with van der Waals surface area (Å²) in [5.41, 5.74) is 0.522. The molecule has 1 atom stereocenters. The fraction of sp³-hybridized carbons (Fsp3) is 0.211. The van der Waals surface area contributed by atoms with Gasteiger partial charge in [0.2, 0.25) is 5.91 Å². The molecule has 0 heterocycles. The van der Waals surface area contributed by atoms with E-state index in [4.69, 9.17) is 4.74 Å². The number of halogens is 1. The molecule has 6 heteroatoms. The van der Waals surface area contributed by atoms with Crippen LogP contribution in [0, 0.1) is 23.1 Å². The van der Waals surface area contributed by atoms with Gasteiger partial charge in [0.1, 0.15) is 11.6 Å². The first-order chi connectivity index (χ1) is 12.0. The lowest BCUT2D eigenvalue weighted by Gasteiger charge is -2.11. The highest BCUT2D eigenvalue weighted by Gasteiger charge is 2.28. The van der Waals surface area contributed by atoms with Gasteiger partial charge in [-0.05, 0) is 42.8 Å². The van der Waals surface area contributed by atoms with Crippen LogP contribution in [0.5, 0.6) is 5.75 Å². The van der Waals surface area contributed by atoms with Crippen molar-refractivity contribution in [3.05, 3.63) is 59.9 Å². The molecular formula is C19H17FN2O3. The van der Waals surface area contributed by atoms with Crippen LogP contribution in [-0.2, 0) is 4.79 Å². The first-order valence-electron chi connectivity index (χ1n) is 7.78. The highest BCUT2D eigenvalue weighted by atomic mass is 19.1. The van der Waals surface area contributed by atoms with E-state index in [1.165, 1.54) is 36.4 Å². The lowest BCUT2D eigenvalue weighted by Crippen LogP contribution is -2.28. The molecule has 5 nitrogen and oxygen atoms in total. The maximum absolute atomic E-state index is 12.9. The number of carbonyl (C=O) groups is 2. The smallest absolute Gasteiger partial charge is 0.249 e. The summed E-state index contributed by atoms with van der Waals surface area (Å²) in [5.74, 6) is -2.84. The molecule has 0 radical (unpaired) electrons. The average Bonchev–Trinajstić information content (AvgIpc) is 2.62. The number of benzene rings is 2. The van der Waals surface area contributed by atoms with Gasteiger partial charge in [-0.15, -0.1) is 0 Å². The number of nitriles is 1. The first kappa shape index (κ1) is 18.1. The summed E-state index contributed by atoms with van der Waals surface area (Å²) >= 11 is 0. The minimum atomic E-state index is -1.51. The molecule has 0 aliphatic rings. The monoisotopic (exact) mass is 340 g/mol. The molecule has 0 saturated carbocycles. The Kier molecular flexibility index (Phi) is 6.24. The van der Waals surface area contributed by atoms with Gasteiger partial charge in [-0.2, -0.15) is 5.26 Å². The van der Waals surface area contributed by atoms with E-state index in [1.54, 1.807) is 18.2 Å². The third kappa shape index (κ3) is 4.88. The lowest BCUT2D eigenvalue weighted by atomic mass is 9.97. The Morgan fingerprint density at radius 3 is 2.60 bits per heavy atom. The number of nitrogens with zero attached hydrogens (tertiary/aromatic N) is 1. The maximum Gasteiger partial charge on any atom is 0.249 e. The molecule has 2 aromatic rings. The van der Waals surface area contributed by atoms with Gasteiger partial charge in [0.15, 0.2) is 11.7 Å². The molecule has 2 rings (SSSR count). The van der Waals surface area contributed by atoms with Gasteiger partial charge in [0.05, 0.1) is 12.7 Å². The SMILES string of the molecule is CCCOc1cccc(C(=O)[C@H](C#N)C(=O)Nc2ccc(F)cc2)c1. The maximum atomic E-state index is 12.9. The number of hydrogen-bond donors (Lipinski definition) is 1. The van der Waals surface area contributed by atoms with Crippen molar-refractivity contribution in [2.24, 2.45) is 5.92 Å². The minimum absolute atomic E-state index is 0.217. The molecular weight excluding hydrogens is 323 g/mol. The van der Waals surface area contributed by atoms with Gasteiger partial charge < -0.3 is 10.1 Å². The number of ether oxygens (including phenoxy) is 1.